The van der Waals surface area contributed by atoms with Crippen molar-refractivity contribution in [2.45, 2.75) is 32.0 Å². The molecule has 0 bridgehead atoms. The number of fused-ring (bicyclic) bond motifs is 1. The van der Waals surface area contributed by atoms with Crippen LogP contribution < -0.4 is 0 Å². The van der Waals surface area contributed by atoms with Crippen LogP contribution in [-0.2, 0) is 0 Å². The van der Waals surface area contributed by atoms with E-state index < -0.39 is 24.0 Å². The summed E-state index contributed by atoms with van der Waals surface area (Å²) in [6, 6.07) is 2.45. The molecule has 0 N–H and O–H groups in total. The van der Waals surface area contributed by atoms with Crippen molar-refractivity contribution >= 4 is 11.4 Å². The molecule has 2 aromatic rings. The highest BCUT2D eigenvalue weighted by molar-refractivity contribution is 6.00. The number of hydrogen-bond acceptors (Lipinski definition) is 3. The zero-order valence-corrected chi connectivity index (χ0v) is 11.9. The number of alkyl halides is 3. The van der Waals surface area contributed by atoms with E-state index in [9.17, 15) is 18.0 Å². The zero-order chi connectivity index (χ0) is 15.9. The van der Waals surface area contributed by atoms with Crippen molar-refractivity contribution in [2.75, 3.05) is 6.54 Å². The van der Waals surface area contributed by atoms with E-state index in [1.165, 1.54) is 28.8 Å². The van der Waals surface area contributed by atoms with Crippen molar-refractivity contribution in [3.8, 4) is 0 Å². The second kappa shape index (κ2) is 5.26. The number of rotatable bonds is 1. The van der Waals surface area contributed by atoms with Crippen LogP contribution in [0.1, 0.15) is 30.1 Å². The maximum absolute atomic E-state index is 13.1. The number of amides is 1. The fourth-order valence-corrected chi connectivity index (χ4v) is 3.02. The molecule has 2 unspecified atom stereocenters. The van der Waals surface area contributed by atoms with Crippen LogP contribution in [0.3, 0.4) is 0 Å². The molecule has 1 amide bonds. The van der Waals surface area contributed by atoms with Crippen molar-refractivity contribution in [2.24, 2.45) is 5.92 Å². The summed E-state index contributed by atoms with van der Waals surface area (Å²) < 4.78 is 40.5. The van der Waals surface area contributed by atoms with Gasteiger partial charge in [-0.3, -0.25) is 4.79 Å². The predicted octanol–water partition coefficient (Wildman–Crippen LogP) is 2.53. The SMILES string of the molecule is CC1C(C(F)(F)F)CCCN1C(=O)c1cnn2ncccc12. The van der Waals surface area contributed by atoms with Crippen molar-refractivity contribution < 1.29 is 18.0 Å². The van der Waals surface area contributed by atoms with Gasteiger partial charge in [-0.25, -0.2) is 0 Å². The van der Waals surface area contributed by atoms with Crippen LogP contribution in [0.2, 0.25) is 0 Å². The van der Waals surface area contributed by atoms with Gasteiger partial charge in [-0.15, -0.1) is 0 Å². The summed E-state index contributed by atoms with van der Waals surface area (Å²) in [6.45, 7) is 1.78. The standard InChI is InChI=1S/C14H15F3N4O/c1-9-11(14(15,16)17)4-3-7-20(9)13(22)10-8-19-21-12(10)5-2-6-18-21/h2,5-6,8-9,11H,3-4,7H2,1H3. The van der Waals surface area contributed by atoms with E-state index >= 15 is 0 Å². The Morgan fingerprint density at radius 2 is 2.14 bits per heavy atom. The van der Waals surface area contributed by atoms with Gasteiger partial charge < -0.3 is 4.90 Å². The van der Waals surface area contributed by atoms with E-state index in [-0.39, 0.29) is 12.0 Å². The molecule has 2 atom stereocenters. The minimum absolute atomic E-state index is 0.0603. The van der Waals surface area contributed by atoms with E-state index in [0.717, 1.165) is 0 Å². The smallest absolute Gasteiger partial charge is 0.335 e. The number of hydrogen-bond donors (Lipinski definition) is 0. The number of carbonyl (C=O) groups is 1. The Bertz CT molecular complexity index is 697. The van der Waals surface area contributed by atoms with E-state index in [4.69, 9.17) is 0 Å². The first-order valence-electron chi connectivity index (χ1n) is 7.06. The fraction of sp³-hybridized carbons (Fsp3) is 0.500. The van der Waals surface area contributed by atoms with Crippen molar-refractivity contribution in [3.05, 3.63) is 30.1 Å². The van der Waals surface area contributed by atoms with Gasteiger partial charge in [0, 0.05) is 18.8 Å². The van der Waals surface area contributed by atoms with E-state index in [0.29, 0.717) is 18.5 Å². The van der Waals surface area contributed by atoms with E-state index in [2.05, 4.69) is 10.2 Å². The van der Waals surface area contributed by atoms with Gasteiger partial charge in [-0.2, -0.15) is 28.0 Å². The Hall–Kier alpha value is -2.12. The molecule has 0 aliphatic carbocycles. The number of likely N-dealkylation sites (tertiary alicyclic amines) is 1. The summed E-state index contributed by atoms with van der Waals surface area (Å²) in [4.78, 5) is 13.9. The van der Waals surface area contributed by atoms with E-state index in [1.54, 1.807) is 12.1 Å². The van der Waals surface area contributed by atoms with Crippen LogP contribution in [0.4, 0.5) is 13.2 Å². The number of nitrogens with zero attached hydrogens (tertiary/aromatic N) is 4. The van der Waals surface area contributed by atoms with Crippen LogP contribution in [0.15, 0.2) is 24.5 Å². The highest BCUT2D eigenvalue weighted by Crippen LogP contribution is 2.37. The summed E-state index contributed by atoms with van der Waals surface area (Å²) in [5.41, 5.74) is 0.775. The Morgan fingerprint density at radius 1 is 1.36 bits per heavy atom. The molecule has 1 fully saturated rings. The molecule has 3 heterocycles. The Labute approximate surface area is 124 Å². The Kier molecular flexibility index (Phi) is 3.54. The summed E-state index contributed by atoms with van der Waals surface area (Å²) >= 11 is 0. The number of carbonyl (C=O) groups excluding carboxylic acids is 1. The van der Waals surface area contributed by atoms with Crippen molar-refractivity contribution in [1.29, 1.82) is 0 Å². The molecule has 0 saturated carbocycles. The average molecular weight is 312 g/mol. The highest BCUT2D eigenvalue weighted by Gasteiger charge is 2.47. The lowest BCUT2D eigenvalue weighted by atomic mass is 9.89. The molecular formula is C14H15F3N4O. The molecular weight excluding hydrogens is 297 g/mol. The summed E-state index contributed by atoms with van der Waals surface area (Å²) in [5.74, 6) is -1.91. The quantitative estimate of drug-likeness (QED) is 0.813. The summed E-state index contributed by atoms with van der Waals surface area (Å²) in [6.07, 6.45) is -1.00. The van der Waals surface area contributed by atoms with Crippen molar-refractivity contribution in [3.63, 3.8) is 0 Å². The molecule has 1 aliphatic rings. The minimum atomic E-state index is -4.29. The van der Waals surface area contributed by atoms with Gasteiger partial charge in [0.1, 0.15) is 5.52 Å². The lowest BCUT2D eigenvalue weighted by molar-refractivity contribution is -0.195. The molecule has 22 heavy (non-hydrogen) atoms. The van der Waals surface area contributed by atoms with Gasteiger partial charge in [-0.05, 0) is 31.9 Å². The van der Waals surface area contributed by atoms with E-state index in [1.807, 2.05) is 0 Å². The average Bonchev–Trinajstić information content (AvgIpc) is 2.89. The van der Waals surface area contributed by atoms with Crippen LogP contribution in [0.5, 0.6) is 0 Å². The first kappa shape index (κ1) is 14.8. The first-order valence-corrected chi connectivity index (χ1v) is 7.06. The van der Waals surface area contributed by atoms with Gasteiger partial charge >= 0.3 is 6.18 Å². The van der Waals surface area contributed by atoms with Gasteiger partial charge in [0.2, 0.25) is 0 Å². The van der Waals surface area contributed by atoms with Gasteiger partial charge in [0.25, 0.3) is 5.91 Å². The molecule has 0 spiro atoms. The molecule has 2 aromatic heterocycles. The second-order valence-electron chi connectivity index (χ2n) is 5.49. The highest BCUT2D eigenvalue weighted by atomic mass is 19.4. The third kappa shape index (κ3) is 2.42. The molecule has 0 radical (unpaired) electrons. The third-order valence-electron chi connectivity index (χ3n) is 4.20. The van der Waals surface area contributed by atoms with Gasteiger partial charge in [-0.1, -0.05) is 0 Å². The van der Waals surface area contributed by atoms with Crippen LogP contribution >= 0.6 is 0 Å². The maximum Gasteiger partial charge on any atom is 0.393 e. The lowest BCUT2D eigenvalue weighted by Crippen LogP contribution is -2.51. The normalized spacial score (nSPS) is 23.0. The zero-order valence-electron chi connectivity index (χ0n) is 11.9. The molecule has 1 saturated heterocycles. The van der Waals surface area contributed by atoms with Crippen LogP contribution in [-0.4, -0.2) is 44.4 Å². The lowest BCUT2D eigenvalue weighted by Gasteiger charge is -2.40. The predicted molar refractivity (Wildman–Crippen MR) is 72.3 cm³/mol. The summed E-state index contributed by atoms with van der Waals surface area (Å²) in [5, 5.41) is 7.92. The molecule has 1 aliphatic heterocycles. The second-order valence-corrected chi connectivity index (χ2v) is 5.49. The molecule has 5 nitrogen and oxygen atoms in total. The third-order valence-corrected chi connectivity index (χ3v) is 4.20. The number of aromatic nitrogens is 3. The monoisotopic (exact) mass is 312 g/mol. The van der Waals surface area contributed by atoms with Crippen molar-refractivity contribution in [1.82, 2.24) is 19.7 Å². The first-order chi connectivity index (χ1) is 10.4. The number of halogens is 3. The van der Waals surface area contributed by atoms with Crippen LogP contribution in [0, 0.1) is 5.92 Å². The molecule has 0 aromatic carbocycles. The number of piperidine rings is 1. The Morgan fingerprint density at radius 3 is 2.86 bits per heavy atom. The molecule has 8 heteroatoms. The van der Waals surface area contributed by atoms with Gasteiger partial charge in [0.05, 0.1) is 17.7 Å². The molecule has 3 rings (SSSR count). The summed E-state index contributed by atoms with van der Waals surface area (Å²) in [7, 11) is 0. The maximum atomic E-state index is 13.1. The molecule has 118 valence electrons. The largest absolute Gasteiger partial charge is 0.393 e. The van der Waals surface area contributed by atoms with Crippen LogP contribution in [0.25, 0.3) is 5.52 Å². The fourth-order valence-electron chi connectivity index (χ4n) is 3.02. The van der Waals surface area contributed by atoms with Gasteiger partial charge in [0.15, 0.2) is 0 Å². The minimum Gasteiger partial charge on any atom is -0.335 e. The Balaban J connectivity index is 1.91. The topological polar surface area (TPSA) is 50.5 Å².